The van der Waals surface area contributed by atoms with E-state index in [-0.39, 0.29) is 0 Å². The molecule has 0 bridgehead atoms. The molecule has 0 aliphatic heterocycles. The number of aliphatic hydroxyl groups is 1. The van der Waals surface area contributed by atoms with Gasteiger partial charge in [-0.05, 0) is 22.6 Å². The number of hydrogen-bond acceptors (Lipinski definition) is 1. The highest BCUT2D eigenvalue weighted by molar-refractivity contribution is 5.37. The van der Waals surface area contributed by atoms with E-state index >= 15 is 0 Å². The van der Waals surface area contributed by atoms with Crippen molar-refractivity contribution in [3.05, 3.63) is 71.3 Å². The van der Waals surface area contributed by atoms with Crippen LogP contribution in [0.3, 0.4) is 0 Å². The van der Waals surface area contributed by atoms with E-state index in [1.54, 1.807) is 0 Å². The largest absolute Gasteiger partial charge is 0.384 e. The summed E-state index contributed by atoms with van der Waals surface area (Å²) in [7, 11) is 0. The molecule has 0 saturated heterocycles. The molecule has 17 heavy (non-hydrogen) atoms. The van der Waals surface area contributed by atoms with Crippen molar-refractivity contribution in [2.75, 3.05) is 0 Å². The first-order chi connectivity index (χ1) is 8.20. The van der Waals surface area contributed by atoms with E-state index in [2.05, 4.69) is 19.9 Å². The van der Waals surface area contributed by atoms with Gasteiger partial charge in [0.05, 0.1) is 0 Å². The minimum absolute atomic E-state index is 0.421. The Morgan fingerprint density at radius 3 is 1.88 bits per heavy atom. The fourth-order valence-corrected chi connectivity index (χ4v) is 2.10. The van der Waals surface area contributed by atoms with E-state index < -0.39 is 6.10 Å². The maximum atomic E-state index is 10.4. The second-order valence-electron chi connectivity index (χ2n) is 4.60. The minimum Gasteiger partial charge on any atom is -0.384 e. The van der Waals surface area contributed by atoms with Crippen LogP contribution in [-0.2, 0) is 0 Å². The molecule has 2 rings (SSSR count). The third-order valence-electron chi connectivity index (χ3n) is 3.03. The van der Waals surface area contributed by atoms with Crippen molar-refractivity contribution in [1.82, 2.24) is 0 Å². The molecular formula is C16H18O. The van der Waals surface area contributed by atoms with Crippen LogP contribution in [0.15, 0.2) is 54.6 Å². The lowest BCUT2D eigenvalue weighted by Gasteiger charge is -2.18. The zero-order valence-electron chi connectivity index (χ0n) is 10.3. The van der Waals surface area contributed by atoms with Crippen LogP contribution in [0.1, 0.15) is 42.6 Å². The first-order valence-corrected chi connectivity index (χ1v) is 6.02. The van der Waals surface area contributed by atoms with Gasteiger partial charge >= 0.3 is 0 Å². The SMILES string of the molecule is CC(C)c1ccccc1[C@@H](O)c1ccccc1. The van der Waals surface area contributed by atoms with Crippen LogP contribution in [0.5, 0.6) is 0 Å². The van der Waals surface area contributed by atoms with Gasteiger partial charge in [-0.25, -0.2) is 0 Å². The lowest BCUT2D eigenvalue weighted by molar-refractivity contribution is 0.219. The van der Waals surface area contributed by atoms with Crippen LogP contribution in [0.2, 0.25) is 0 Å². The van der Waals surface area contributed by atoms with E-state index in [0.29, 0.717) is 5.92 Å². The molecule has 2 aromatic carbocycles. The standard InChI is InChI=1S/C16H18O/c1-12(2)14-10-6-7-11-15(14)16(17)13-8-4-3-5-9-13/h3-12,16-17H,1-2H3/t16-/m0/s1. The summed E-state index contributed by atoms with van der Waals surface area (Å²) >= 11 is 0. The van der Waals surface area contributed by atoms with Gasteiger partial charge in [-0.1, -0.05) is 68.4 Å². The molecule has 1 N–H and O–H groups in total. The van der Waals surface area contributed by atoms with Crippen LogP contribution >= 0.6 is 0 Å². The molecule has 0 fully saturated rings. The van der Waals surface area contributed by atoms with Crippen molar-refractivity contribution in [3.63, 3.8) is 0 Å². The van der Waals surface area contributed by atoms with E-state index in [1.165, 1.54) is 5.56 Å². The van der Waals surface area contributed by atoms with E-state index in [9.17, 15) is 5.11 Å². The average molecular weight is 226 g/mol. The molecule has 0 unspecified atom stereocenters. The second-order valence-corrected chi connectivity index (χ2v) is 4.60. The molecular weight excluding hydrogens is 208 g/mol. The molecule has 0 amide bonds. The molecule has 0 spiro atoms. The highest BCUT2D eigenvalue weighted by Gasteiger charge is 2.15. The van der Waals surface area contributed by atoms with Crippen molar-refractivity contribution < 1.29 is 5.11 Å². The van der Waals surface area contributed by atoms with Gasteiger partial charge in [0.2, 0.25) is 0 Å². The molecule has 0 saturated carbocycles. The molecule has 1 nitrogen and oxygen atoms in total. The third-order valence-corrected chi connectivity index (χ3v) is 3.03. The van der Waals surface area contributed by atoms with Gasteiger partial charge in [-0.15, -0.1) is 0 Å². The molecule has 0 aliphatic carbocycles. The maximum Gasteiger partial charge on any atom is 0.104 e. The maximum absolute atomic E-state index is 10.4. The van der Waals surface area contributed by atoms with Crippen molar-refractivity contribution in [2.45, 2.75) is 25.9 Å². The quantitative estimate of drug-likeness (QED) is 0.841. The van der Waals surface area contributed by atoms with Crippen LogP contribution < -0.4 is 0 Å². The van der Waals surface area contributed by atoms with Crippen molar-refractivity contribution in [2.24, 2.45) is 0 Å². The van der Waals surface area contributed by atoms with Crippen molar-refractivity contribution in [3.8, 4) is 0 Å². The monoisotopic (exact) mass is 226 g/mol. The normalized spacial score (nSPS) is 12.7. The zero-order valence-corrected chi connectivity index (χ0v) is 10.3. The Morgan fingerprint density at radius 2 is 1.29 bits per heavy atom. The van der Waals surface area contributed by atoms with Gasteiger partial charge in [0, 0.05) is 0 Å². The fourth-order valence-electron chi connectivity index (χ4n) is 2.10. The van der Waals surface area contributed by atoms with Gasteiger partial charge in [0.25, 0.3) is 0 Å². The summed E-state index contributed by atoms with van der Waals surface area (Å²) in [4.78, 5) is 0. The van der Waals surface area contributed by atoms with Crippen LogP contribution in [0.4, 0.5) is 0 Å². The molecule has 0 heterocycles. The van der Waals surface area contributed by atoms with Gasteiger partial charge in [-0.3, -0.25) is 0 Å². The molecule has 1 atom stereocenters. The summed E-state index contributed by atoms with van der Waals surface area (Å²) in [5, 5.41) is 10.4. The first kappa shape index (κ1) is 11.9. The van der Waals surface area contributed by atoms with Crippen molar-refractivity contribution >= 4 is 0 Å². The number of benzene rings is 2. The molecule has 1 heteroatoms. The summed E-state index contributed by atoms with van der Waals surface area (Å²) in [5.41, 5.74) is 3.16. The summed E-state index contributed by atoms with van der Waals surface area (Å²) < 4.78 is 0. The Kier molecular flexibility index (Phi) is 3.60. The van der Waals surface area contributed by atoms with Gasteiger partial charge < -0.3 is 5.11 Å². The summed E-state index contributed by atoms with van der Waals surface area (Å²) in [6, 6.07) is 17.9. The van der Waals surface area contributed by atoms with Crippen LogP contribution in [0.25, 0.3) is 0 Å². The molecule has 2 aromatic rings. The molecule has 0 aliphatic rings. The highest BCUT2D eigenvalue weighted by Crippen LogP contribution is 2.28. The Labute approximate surface area is 103 Å². The average Bonchev–Trinajstić information content (AvgIpc) is 2.39. The lowest BCUT2D eigenvalue weighted by atomic mass is 9.91. The number of hydrogen-bond donors (Lipinski definition) is 1. The first-order valence-electron chi connectivity index (χ1n) is 6.02. The predicted molar refractivity (Wildman–Crippen MR) is 71.0 cm³/mol. The van der Waals surface area contributed by atoms with E-state index in [0.717, 1.165) is 11.1 Å². The van der Waals surface area contributed by atoms with Crippen molar-refractivity contribution in [1.29, 1.82) is 0 Å². The summed E-state index contributed by atoms with van der Waals surface area (Å²) in [6.07, 6.45) is -0.533. The van der Waals surface area contributed by atoms with Gasteiger partial charge in [-0.2, -0.15) is 0 Å². The van der Waals surface area contributed by atoms with E-state index in [4.69, 9.17) is 0 Å². The lowest BCUT2D eigenvalue weighted by Crippen LogP contribution is -2.04. The second kappa shape index (κ2) is 5.15. The predicted octanol–water partition coefficient (Wildman–Crippen LogP) is 3.89. The molecule has 0 aromatic heterocycles. The highest BCUT2D eigenvalue weighted by atomic mass is 16.3. The molecule has 88 valence electrons. The van der Waals surface area contributed by atoms with E-state index in [1.807, 2.05) is 48.5 Å². The smallest absolute Gasteiger partial charge is 0.104 e. The Morgan fingerprint density at radius 1 is 0.765 bits per heavy atom. The fraction of sp³-hybridized carbons (Fsp3) is 0.250. The molecule has 0 radical (unpaired) electrons. The zero-order chi connectivity index (χ0) is 12.3. The minimum atomic E-state index is -0.533. The van der Waals surface area contributed by atoms with Crippen LogP contribution in [-0.4, -0.2) is 5.11 Å². The Hall–Kier alpha value is -1.60. The number of aliphatic hydroxyl groups excluding tert-OH is 1. The van der Waals surface area contributed by atoms with Gasteiger partial charge in [0.15, 0.2) is 0 Å². The van der Waals surface area contributed by atoms with Gasteiger partial charge in [0.1, 0.15) is 6.10 Å². The third kappa shape index (κ3) is 2.56. The van der Waals surface area contributed by atoms with Crippen LogP contribution in [0, 0.1) is 0 Å². The summed E-state index contributed by atoms with van der Waals surface area (Å²) in [6.45, 7) is 4.30. The summed E-state index contributed by atoms with van der Waals surface area (Å²) in [5.74, 6) is 0.421. The number of rotatable bonds is 3. The topological polar surface area (TPSA) is 20.2 Å². The Balaban J connectivity index is 2.41. The Bertz CT molecular complexity index is 474.